The molecule has 2 aromatic rings. The maximum atomic E-state index is 8.89. The highest BCUT2D eigenvalue weighted by molar-refractivity contribution is 5.33. The van der Waals surface area contributed by atoms with Crippen LogP contribution in [0.15, 0.2) is 48.8 Å². The topological polar surface area (TPSA) is 28.7 Å². The van der Waals surface area contributed by atoms with Gasteiger partial charge in [-0.15, -0.1) is 0 Å². The van der Waals surface area contributed by atoms with Gasteiger partial charge in [0.05, 0.1) is 11.6 Å². The first kappa shape index (κ1) is 12.0. The number of hydrogen-bond donors (Lipinski definition) is 0. The minimum absolute atomic E-state index is 0.566. The first-order valence-electron chi connectivity index (χ1n) is 7.01. The summed E-state index contributed by atoms with van der Waals surface area (Å²) >= 11 is 0. The molecular formula is C17H18N2. The Hall–Kier alpha value is -2.01. The maximum Gasteiger partial charge on any atom is 0.0991 e. The molecule has 1 heterocycles. The molecule has 1 aliphatic rings. The van der Waals surface area contributed by atoms with Crippen molar-refractivity contribution >= 4 is 0 Å². The molecule has 0 unspecified atom stereocenters. The van der Waals surface area contributed by atoms with Gasteiger partial charge < -0.3 is 4.57 Å². The lowest BCUT2D eigenvalue weighted by Crippen LogP contribution is -2.20. The Bertz CT molecular complexity index is 560. The van der Waals surface area contributed by atoms with Crippen molar-refractivity contribution < 1.29 is 0 Å². The fraction of sp³-hybridized carbons (Fsp3) is 0.353. The molecule has 1 aromatic heterocycles. The Morgan fingerprint density at radius 1 is 1.00 bits per heavy atom. The van der Waals surface area contributed by atoms with Gasteiger partial charge in [-0.05, 0) is 42.7 Å². The first-order valence-corrected chi connectivity index (χ1v) is 7.01. The Morgan fingerprint density at radius 2 is 1.68 bits per heavy atom. The van der Waals surface area contributed by atoms with E-state index in [2.05, 4.69) is 47.3 Å². The van der Waals surface area contributed by atoms with Crippen molar-refractivity contribution in [1.82, 2.24) is 4.57 Å². The van der Waals surface area contributed by atoms with Crippen LogP contribution < -0.4 is 0 Å². The lowest BCUT2D eigenvalue weighted by atomic mass is 9.79. The molecule has 1 aliphatic carbocycles. The van der Waals surface area contributed by atoms with E-state index in [0.717, 1.165) is 5.56 Å². The van der Waals surface area contributed by atoms with Crippen LogP contribution in [0.5, 0.6) is 0 Å². The van der Waals surface area contributed by atoms with E-state index >= 15 is 0 Å². The van der Waals surface area contributed by atoms with Crippen LogP contribution in [0.2, 0.25) is 0 Å². The van der Waals surface area contributed by atoms with Crippen LogP contribution >= 0.6 is 0 Å². The third kappa shape index (κ3) is 2.42. The van der Waals surface area contributed by atoms with Gasteiger partial charge in [0.1, 0.15) is 0 Å². The van der Waals surface area contributed by atoms with Crippen molar-refractivity contribution in [2.24, 2.45) is 0 Å². The van der Waals surface area contributed by atoms with E-state index < -0.39 is 0 Å². The summed E-state index contributed by atoms with van der Waals surface area (Å²) < 4.78 is 2.35. The largest absolute Gasteiger partial charge is 0.351 e. The van der Waals surface area contributed by atoms with Gasteiger partial charge in [-0.25, -0.2) is 0 Å². The zero-order valence-electron chi connectivity index (χ0n) is 11.0. The molecule has 96 valence electrons. The first-order chi connectivity index (χ1) is 9.38. The summed E-state index contributed by atoms with van der Waals surface area (Å²) in [6.45, 7) is 0. The minimum Gasteiger partial charge on any atom is -0.351 e. The van der Waals surface area contributed by atoms with Gasteiger partial charge in [-0.2, -0.15) is 5.26 Å². The van der Waals surface area contributed by atoms with Gasteiger partial charge in [-0.1, -0.05) is 25.0 Å². The molecule has 0 aliphatic heterocycles. The molecule has 19 heavy (non-hydrogen) atoms. The fourth-order valence-electron chi connectivity index (χ4n) is 3.23. The highest BCUT2D eigenvalue weighted by Gasteiger charge is 2.27. The van der Waals surface area contributed by atoms with Crippen molar-refractivity contribution in [2.45, 2.75) is 37.6 Å². The van der Waals surface area contributed by atoms with Crippen LogP contribution in [0.3, 0.4) is 0 Å². The number of nitriles is 1. The van der Waals surface area contributed by atoms with Crippen LogP contribution in [-0.4, -0.2) is 4.57 Å². The van der Waals surface area contributed by atoms with Gasteiger partial charge in [0.25, 0.3) is 0 Å². The Morgan fingerprint density at radius 3 is 2.37 bits per heavy atom. The van der Waals surface area contributed by atoms with Crippen LogP contribution in [0.4, 0.5) is 0 Å². The second-order valence-electron chi connectivity index (χ2n) is 5.32. The van der Waals surface area contributed by atoms with E-state index in [1.54, 1.807) is 0 Å². The van der Waals surface area contributed by atoms with E-state index in [0.29, 0.717) is 12.0 Å². The van der Waals surface area contributed by atoms with Crippen LogP contribution in [0.25, 0.3) is 0 Å². The van der Waals surface area contributed by atoms with Gasteiger partial charge in [0.15, 0.2) is 0 Å². The maximum absolute atomic E-state index is 8.89. The average molecular weight is 250 g/mol. The van der Waals surface area contributed by atoms with Gasteiger partial charge >= 0.3 is 0 Å². The molecule has 3 rings (SSSR count). The monoisotopic (exact) mass is 250 g/mol. The van der Waals surface area contributed by atoms with Crippen molar-refractivity contribution in [3.05, 3.63) is 59.9 Å². The molecule has 0 N–H and O–H groups in total. The smallest absolute Gasteiger partial charge is 0.0991 e. The van der Waals surface area contributed by atoms with E-state index in [4.69, 9.17) is 5.26 Å². The van der Waals surface area contributed by atoms with Crippen molar-refractivity contribution in [1.29, 1.82) is 5.26 Å². The summed E-state index contributed by atoms with van der Waals surface area (Å²) in [5.41, 5.74) is 2.12. The minimum atomic E-state index is 0.566. The zero-order valence-corrected chi connectivity index (χ0v) is 11.0. The van der Waals surface area contributed by atoms with E-state index in [-0.39, 0.29) is 0 Å². The van der Waals surface area contributed by atoms with E-state index in [9.17, 15) is 0 Å². The summed E-state index contributed by atoms with van der Waals surface area (Å²) in [6, 6.07) is 15.1. The van der Waals surface area contributed by atoms with Crippen molar-refractivity contribution in [3.8, 4) is 6.07 Å². The third-order valence-corrected chi connectivity index (χ3v) is 4.21. The second-order valence-corrected chi connectivity index (χ2v) is 5.32. The second kappa shape index (κ2) is 5.32. The summed E-state index contributed by atoms with van der Waals surface area (Å²) in [6.07, 6.45) is 9.46. The fourth-order valence-corrected chi connectivity index (χ4v) is 3.23. The van der Waals surface area contributed by atoms with E-state index in [1.807, 2.05) is 12.1 Å². The number of aromatic nitrogens is 1. The number of rotatable bonds is 2. The molecule has 0 spiro atoms. The van der Waals surface area contributed by atoms with Crippen LogP contribution in [-0.2, 0) is 0 Å². The average Bonchev–Trinajstić information content (AvgIpc) is 3.01. The molecular weight excluding hydrogens is 232 g/mol. The molecule has 1 fully saturated rings. The molecule has 2 heteroatoms. The van der Waals surface area contributed by atoms with Crippen molar-refractivity contribution in [3.63, 3.8) is 0 Å². The predicted molar refractivity (Wildman–Crippen MR) is 75.8 cm³/mol. The standard InChI is InChI=1S/C17H18N2/c18-13-14-7-9-15(10-8-14)16-5-1-2-6-17(16)19-11-3-4-12-19/h3-4,7-12,16-17H,1-2,5-6H2/t16-,17+/m1/s1. The number of nitrogens with zero attached hydrogens (tertiary/aromatic N) is 2. The normalized spacial score (nSPS) is 22.9. The number of benzene rings is 1. The molecule has 0 radical (unpaired) electrons. The zero-order chi connectivity index (χ0) is 13.1. The molecule has 2 atom stereocenters. The van der Waals surface area contributed by atoms with Crippen LogP contribution in [0, 0.1) is 11.3 Å². The summed E-state index contributed by atoms with van der Waals surface area (Å²) in [7, 11) is 0. The third-order valence-electron chi connectivity index (χ3n) is 4.21. The highest BCUT2D eigenvalue weighted by atomic mass is 15.0. The number of hydrogen-bond acceptors (Lipinski definition) is 1. The molecule has 1 aromatic carbocycles. The van der Waals surface area contributed by atoms with Crippen LogP contribution in [0.1, 0.15) is 48.8 Å². The lowest BCUT2D eigenvalue weighted by molar-refractivity contribution is 0.306. The molecule has 0 saturated heterocycles. The lowest BCUT2D eigenvalue weighted by Gasteiger charge is -2.33. The summed E-state index contributed by atoms with van der Waals surface area (Å²) in [5.74, 6) is 0.578. The Balaban J connectivity index is 1.89. The molecule has 0 bridgehead atoms. The predicted octanol–water partition coefficient (Wildman–Crippen LogP) is 4.26. The Kier molecular flexibility index (Phi) is 3.37. The SMILES string of the molecule is N#Cc1ccc([C@H]2CCCC[C@@H]2n2cccc2)cc1. The molecule has 1 saturated carbocycles. The van der Waals surface area contributed by atoms with Gasteiger partial charge in [0, 0.05) is 24.4 Å². The molecule has 2 nitrogen and oxygen atoms in total. The highest BCUT2D eigenvalue weighted by Crippen LogP contribution is 2.40. The Labute approximate surface area is 114 Å². The van der Waals surface area contributed by atoms with E-state index in [1.165, 1.54) is 31.2 Å². The quantitative estimate of drug-likeness (QED) is 0.783. The molecule has 0 amide bonds. The summed E-state index contributed by atoms with van der Waals surface area (Å²) in [5, 5.41) is 8.89. The van der Waals surface area contributed by atoms with Gasteiger partial charge in [-0.3, -0.25) is 0 Å². The summed E-state index contributed by atoms with van der Waals surface area (Å²) in [4.78, 5) is 0. The van der Waals surface area contributed by atoms with Crippen molar-refractivity contribution in [2.75, 3.05) is 0 Å². The van der Waals surface area contributed by atoms with Gasteiger partial charge in [0.2, 0.25) is 0 Å².